The van der Waals surface area contributed by atoms with E-state index in [2.05, 4.69) is 0 Å². The van der Waals surface area contributed by atoms with Gasteiger partial charge in [-0.2, -0.15) is 13.2 Å². The summed E-state index contributed by atoms with van der Waals surface area (Å²) in [5.41, 5.74) is -0.762. The molecule has 0 aromatic heterocycles. The molecule has 3 nitrogen and oxygen atoms in total. The van der Waals surface area contributed by atoms with Crippen molar-refractivity contribution in [3.8, 4) is 5.75 Å². The van der Waals surface area contributed by atoms with Gasteiger partial charge in [-0.3, -0.25) is 0 Å². The average Bonchev–Trinajstić information content (AvgIpc) is 2.45. The van der Waals surface area contributed by atoms with Gasteiger partial charge in [0.05, 0.1) is 5.56 Å². The maximum Gasteiger partial charge on any atom is 0.416 e. The Morgan fingerprint density at radius 2 is 1.82 bits per heavy atom. The molecule has 1 N–H and O–H groups in total. The number of hydrogen-bond acceptors (Lipinski definition) is 2. The number of carbonyl (C=O) groups is 1. The van der Waals surface area contributed by atoms with Crippen LogP contribution in [0, 0.1) is 0 Å². The second-order valence-corrected chi connectivity index (χ2v) is 4.79. The lowest BCUT2D eigenvalue weighted by Gasteiger charge is -2.17. The molecule has 0 aliphatic carbocycles. The summed E-state index contributed by atoms with van der Waals surface area (Å²) in [5.74, 6) is -1.56. The molecular formula is C15H10ClF3O3. The molecule has 1 atom stereocenters. The number of ether oxygens (including phenoxy) is 1. The van der Waals surface area contributed by atoms with Crippen molar-refractivity contribution in [1.82, 2.24) is 0 Å². The van der Waals surface area contributed by atoms with Gasteiger partial charge >= 0.3 is 12.1 Å². The van der Waals surface area contributed by atoms with Crippen LogP contribution in [0.5, 0.6) is 5.75 Å². The highest BCUT2D eigenvalue weighted by Gasteiger charge is 2.31. The first kappa shape index (κ1) is 16.2. The van der Waals surface area contributed by atoms with Crippen LogP contribution < -0.4 is 4.74 Å². The summed E-state index contributed by atoms with van der Waals surface area (Å²) in [6.45, 7) is 0. The number of halogens is 4. The summed E-state index contributed by atoms with van der Waals surface area (Å²) >= 11 is 5.91. The standard InChI is InChI=1S/C15H10ClF3O3/c16-12-7-2-1-6-11(12)13(14(20)21)22-10-5-3-4-9(8-10)15(17,18)19/h1-8,13H,(H,20,21). The highest BCUT2D eigenvalue weighted by molar-refractivity contribution is 6.31. The Morgan fingerprint density at radius 3 is 2.41 bits per heavy atom. The third kappa shape index (κ3) is 3.71. The molecule has 0 spiro atoms. The fourth-order valence-corrected chi connectivity index (χ4v) is 2.05. The average molecular weight is 331 g/mol. The molecule has 0 bridgehead atoms. The molecule has 22 heavy (non-hydrogen) atoms. The number of rotatable bonds is 4. The van der Waals surface area contributed by atoms with Crippen LogP contribution in [0.1, 0.15) is 17.2 Å². The molecule has 116 valence electrons. The Kier molecular flexibility index (Phi) is 4.61. The van der Waals surface area contributed by atoms with Crippen molar-refractivity contribution < 1.29 is 27.8 Å². The Balaban J connectivity index is 2.34. The first-order valence-corrected chi connectivity index (χ1v) is 6.48. The Hall–Kier alpha value is -2.21. The van der Waals surface area contributed by atoms with Gasteiger partial charge in [0.25, 0.3) is 0 Å². The Bertz CT molecular complexity index is 686. The van der Waals surface area contributed by atoms with E-state index in [0.717, 1.165) is 18.2 Å². The lowest BCUT2D eigenvalue weighted by Crippen LogP contribution is -2.19. The second kappa shape index (κ2) is 6.27. The topological polar surface area (TPSA) is 46.5 Å². The van der Waals surface area contributed by atoms with E-state index in [9.17, 15) is 23.1 Å². The lowest BCUT2D eigenvalue weighted by atomic mass is 10.1. The van der Waals surface area contributed by atoms with Gasteiger partial charge in [-0.1, -0.05) is 35.9 Å². The predicted molar refractivity (Wildman–Crippen MR) is 73.9 cm³/mol. The molecule has 0 aliphatic heterocycles. The van der Waals surface area contributed by atoms with Crippen molar-refractivity contribution in [3.05, 3.63) is 64.7 Å². The van der Waals surface area contributed by atoms with Gasteiger partial charge in [-0.05, 0) is 24.3 Å². The van der Waals surface area contributed by atoms with Gasteiger partial charge in [0, 0.05) is 10.6 Å². The molecule has 2 rings (SSSR count). The molecule has 0 fully saturated rings. The van der Waals surface area contributed by atoms with Gasteiger partial charge < -0.3 is 9.84 Å². The quantitative estimate of drug-likeness (QED) is 0.893. The summed E-state index contributed by atoms with van der Waals surface area (Å²) in [5, 5.41) is 9.39. The minimum Gasteiger partial charge on any atom is -0.478 e. The molecule has 2 aromatic carbocycles. The van der Waals surface area contributed by atoms with Gasteiger partial charge in [-0.15, -0.1) is 0 Å². The number of carboxylic acid groups (broad SMARTS) is 1. The van der Waals surface area contributed by atoms with E-state index in [0.29, 0.717) is 0 Å². The second-order valence-electron chi connectivity index (χ2n) is 4.38. The smallest absolute Gasteiger partial charge is 0.416 e. The number of carboxylic acids is 1. The number of aliphatic carboxylic acids is 1. The summed E-state index contributed by atoms with van der Waals surface area (Å²) in [6, 6.07) is 10.1. The maximum absolute atomic E-state index is 12.7. The van der Waals surface area contributed by atoms with Crippen LogP contribution in [0.25, 0.3) is 0 Å². The summed E-state index contributed by atoms with van der Waals surface area (Å²) in [4.78, 5) is 11.3. The van der Waals surface area contributed by atoms with Crippen LogP contribution in [0.2, 0.25) is 5.02 Å². The highest BCUT2D eigenvalue weighted by atomic mass is 35.5. The van der Waals surface area contributed by atoms with Crippen molar-refractivity contribution in [1.29, 1.82) is 0 Å². The van der Waals surface area contributed by atoms with Crippen molar-refractivity contribution in [2.75, 3.05) is 0 Å². The molecule has 0 heterocycles. The summed E-state index contributed by atoms with van der Waals surface area (Å²) < 4.78 is 43.2. The third-order valence-electron chi connectivity index (χ3n) is 2.83. The minimum absolute atomic E-state index is 0.155. The van der Waals surface area contributed by atoms with Crippen molar-refractivity contribution in [2.45, 2.75) is 12.3 Å². The zero-order valence-corrected chi connectivity index (χ0v) is 11.7. The number of benzene rings is 2. The van der Waals surface area contributed by atoms with Gasteiger partial charge in [-0.25, -0.2) is 4.79 Å². The minimum atomic E-state index is -4.54. The third-order valence-corrected chi connectivity index (χ3v) is 3.17. The predicted octanol–water partition coefficient (Wildman–Crippen LogP) is 4.56. The van der Waals surface area contributed by atoms with E-state index in [1.807, 2.05) is 0 Å². The van der Waals surface area contributed by atoms with E-state index < -0.39 is 23.8 Å². The molecule has 0 saturated heterocycles. The van der Waals surface area contributed by atoms with Crippen LogP contribution in [0.3, 0.4) is 0 Å². The van der Waals surface area contributed by atoms with E-state index >= 15 is 0 Å². The lowest BCUT2D eigenvalue weighted by molar-refractivity contribution is -0.145. The van der Waals surface area contributed by atoms with Crippen molar-refractivity contribution in [2.24, 2.45) is 0 Å². The van der Waals surface area contributed by atoms with E-state index in [-0.39, 0.29) is 16.3 Å². The van der Waals surface area contributed by atoms with Crippen LogP contribution in [-0.4, -0.2) is 11.1 Å². The van der Waals surface area contributed by atoms with Crippen molar-refractivity contribution in [3.63, 3.8) is 0 Å². The van der Waals surface area contributed by atoms with Crippen LogP contribution in [0.4, 0.5) is 13.2 Å². The normalized spacial score (nSPS) is 12.7. The molecule has 0 aliphatic rings. The Labute approximate surface area is 128 Å². The monoisotopic (exact) mass is 330 g/mol. The molecule has 2 aromatic rings. The molecule has 0 amide bonds. The van der Waals surface area contributed by atoms with Crippen molar-refractivity contribution >= 4 is 17.6 Å². The fraction of sp³-hybridized carbons (Fsp3) is 0.133. The van der Waals surface area contributed by atoms with Gasteiger partial charge in [0.1, 0.15) is 5.75 Å². The number of alkyl halides is 3. The SMILES string of the molecule is O=C(O)C(Oc1cccc(C(F)(F)F)c1)c1ccccc1Cl. The van der Waals surface area contributed by atoms with Crippen LogP contribution in [-0.2, 0) is 11.0 Å². The first-order valence-electron chi connectivity index (χ1n) is 6.10. The number of hydrogen-bond donors (Lipinski definition) is 1. The van der Waals surface area contributed by atoms with Gasteiger partial charge in [0.2, 0.25) is 6.10 Å². The van der Waals surface area contributed by atoms with Crippen LogP contribution >= 0.6 is 11.6 Å². The van der Waals surface area contributed by atoms with E-state index in [4.69, 9.17) is 16.3 Å². The van der Waals surface area contributed by atoms with Gasteiger partial charge in [0.15, 0.2) is 0 Å². The first-order chi connectivity index (χ1) is 10.3. The molecule has 0 radical (unpaired) electrons. The maximum atomic E-state index is 12.7. The zero-order valence-electron chi connectivity index (χ0n) is 11.0. The molecular weight excluding hydrogens is 321 g/mol. The molecule has 0 saturated carbocycles. The molecule has 7 heteroatoms. The zero-order chi connectivity index (χ0) is 16.3. The van der Waals surface area contributed by atoms with Crippen LogP contribution in [0.15, 0.2) is 48.5 Å². The highest BCUT2D eigenvalue weighted by Crippen LogP contribution is 2.33. The summed E-state index contributed by atoms with van der Waals surface area (Å²) in [7, 11) is 0. The molecule has 1 unspecified atom stereocenters. The Morgan fingerprint density at radius 1 is 1.14 bits per heavy atom. The van der Waals surface area contributed by atoms with E-state index in [1.54, 1.807) is 12.1 Å². The fourth-order valence-electron chi connectivity index (χ4n) is 1.82. The van der Waals surface area contributed by atoms with E-state index in [1.165, 1.54) is 18.2 Å². The summed E-state index contributed by atoms with van der Waals surface area (Å²) in [6.07, 6.45) is -6.04. The largest absolute Gasteiger partial charge is 0.478 e.